The average molecular weight is 402 g/mol. The zero-order chi connectivity index (χ0) is 19.6. The molecular formula is C20H17Cl2N3O2. The molecule has 1 N–H and O–H groups in total. The predicted octanol–water partition coefficient (Wildman–Crippen LogP) is 4.60. The number of carbonyl (C=O) groups excluding carboxylic acids is 1. The van der Waals surface area contributed by atoms with E-state index in [1.807, 2.05) is 37.3 Å². The molecule has 2 aromatic carbocycles. The molecule has 3 rings (SSSR count). The third-order valence-corrected chi connectivity index (χ3v) is 4.96. The molecule has 138 valence electrons. The summed E-state index contributed by atoms with van der Waals surface area (Å²) in [5.41, 5.74) is 2.12. The van der Waals surface area contributed by atoms with Gasteiger partial charge in [0.1, 0.15) is 5.69 Å². The topological polar surface area (TPSA) is 56.0 Å². The number of nitrogens with zero attached hydrogens (tertiary/aromatic N) is 2. The quantitative estimate of drug-likeness (QED) is 0.501. The van der Waals surface area contributed by atoms with Gasteiger partial charge in [-0.3, -0.25) is 14.3 Å². The van der Waals surface area contributed by atoms with Crippen LogP contribution in [-0.4, -0.2) is 15.1 Å². The maximum atomic E-state index is 12.8. The summed E-state index contributed by atoms with van der Waals surface area (Å²) in [6.07, 6.45) is 2.79. The zero-order valence-electron chi connectivity index (χ0n) is 14.7. The molecule has 0 aliphatic carbocycles. The zero-order valence-corrected chi connectivity index (χ0v) is 16.3. The number of allylic oxidation sites excluding steroid dienone is 1. The van der Waals surface area contributed by atoms with E-state index < -0.39 is 0 Å². The molecule has 27 heavy (non-hydrogen) atoms. The third-order valence-electron chi connectivity index (χ3n) is 4.22. The molecule has 0 amide bonds. The lowest BCUT2D eigenvalue weighted by atomic mass is 10.1. The molecule has 0 radical (unpaired) electrons. The summed E-state index contributed by atoms with van der Waals surface area (Å²) in [4.78, 5) is 25.0. The molecule has 1 heterocycles. The van der Waals surface area contributed by atoms with Crippen molar-refractivity contribution in [2.24, 2.45) is 7.05 Å². The number of benzene rings is 2. The highest BCUT2D eigenvalue weighted by atomic mass is 35.5. The van der Waals surface area contributed by atoms with E-state index >= 15 is 0 Å². The third kappa shape index (κ3) is 3.84. The second kappa shape index (κ2) is 7.86. The van der Waals surface area contributed by atoms with Crippen molar-refractivity contribution in [3.05, 3.63) is 92.5 Å². The highest BCUT2D eigenvalue weighted by Gasteiger charge is 2.15. The Balaban J connectivity index is 1.84. The first kappa shape index (κ1) is 19.0. The van der Waals surface area contributed by atoms with Crippen molar-refractivity contribution in [3.63, 3.8) is 0 Å². The van der Waals surface area contributed by atoms with Gasteiger partial charge in [-0.25, -0.2) is 4.68 Å². The van der Waals surface area contributed by atoms with Crippen LogP contribution < -0.4 is 10.9 Å². The van der Waals surface area contributed by atoms with Crippen molar-refractivity contribution < 1.29 is 4.79 Å². The Morgan fingerprint density at radius 1 is 1.07 bits per heavy atom. The van der Waals surface area contributed by atoms with Crippen LogP contribution in [0.5, 0.6) is 0 Å². The number of carbonyl (C=O) groups is 1. The predicted molar refractivity (Wildman–Crippen MR) is 109 cm³/mol. The number of para-hydroxylation sites is 1. The maximum Gasteiger partial charge on any atom is 0.295 e. The average Bonchev–Trinajstić information content (AvgIpc) is 2.87. The molecule has 0 atom stereocenters. The molecule has 0 saturated heterocycles. The fourth-order valence-corrected chi connectivity index (χ4v) is 2.98. The minimum absolute atomic E-state index is 0.201. The number of ketones is 1. The molecule has 1 aromatic heterocycles. The lowest BCUT2D eigenvalue weighted by Gasteiger charge is -2.07. The van der Waals surface area contributed by atoms with Crippen LogP contribution >= 0.6 is 23.2 Å². The number of hydrogen-bond donors (Lipinski definition) is 1. The molecule has 0 aliphatic heterocycles. The van der Waals surface area contributed by atoms with E-state index in [-0.39, 0.29) is 11.3 Å². The fraction of sp³-hybridized carbons (Fsp3) is 0.100. The largest absolute Gasteiger partial charge is 0.356 e. The number of hydrogen-bond acceptors (Lipinski definition) is 3. The standard InChI is InChI=1S/C20H17Cl2N3O2/c1-13-19(20(27)25(24(13)2)15-6-4-3-5-7-15)23-11-10-18(26)14-8-9-16(21)17(22)12-14/h3-12,23H,1-2H3/b11-10+. The van der Waals surface area contributed by atoms with Crippen molar-refractivity contribution in [2.75, 3.05) is 5.32 Å². The van der Waals surface area contributed by atoms with E-state index in [9.17, 15) is 9.59 Å². The van der Waals surface area contributed by atoms with Crippen LogP contribution in [0.3, 0.4) is 0 Å². The monoisotopic (exact) mass is 401 g/mol. The normalized spacial score (nSPS) is 11.1. The van der Waals surface area contributed by atoms with Crippen molar-refractivity contribution >= 4 is 34.7 Å². The van der Waals surface area contributed by atoms with E-state index in [2.05, 4.69) is 5.32 Å². The van der Waals surface area contributed by atoms with Crippen LogP contribution in [0.25, 0.3) is 5.69 Å². The van der Waals surface area contributed by atoms with Gasteiger partial charge in [-0.05, 0) is 37.3 Å². The highest BCUT2D eigenvalue weighted by Crippen LogP contribution is 2.23. The van der Waals surface area contributed by atoms with Gasteiger partial charge in [-0.2, -0.15) is 0 Å². The summed E-state index contributed by atoms with van der Waals surface area (Å²) in [7, 11) is 1.81. The van der Waals surface area contributed by atoms with Crippen molar-refractivity contribution in [3.8, 4) is 5.69 Å². The van der Waals surface area contributed by atoms with Gasteiger partial charge >= 0.3 is 0 Å². The van der Waals surface area contributed by atoms with Gasteiger partial charge in [-0.15, -0.1) is 0 Å². The van der Waals surface area contributed by atoms with Crippen LogP contribution in [0, 0.1) is 6.92 Å². The molecule has 0 unspecified atom stereocenters. The molecule has 0 bridgehead atoms. The number of nitrogens with one attached hydrogen (secondary N) is 1. The Bertz CT molecular complexity index is 1080. The molecular weight excluding hydrogens is 385 g/mol. The minimum Gasteiger partial charge on any atom is -0.356 e. The Hall–Kier alpha value is -2.76. The molecule has 0 saturated carbocycles. The van der Waals surface area contributed by atoms with Crippen LogP contribution in [0.1, 0.15) is 16.1 Å². The first-order valence-electron chi connectivity index (χ1n) is 8.16. The van der Waals surface area contributed by atoms with E-state index in [0.29, 0.717) is 21.3 Å². The summed E-state index contributed by atoms with van der Waals surface area (Å²) >= 11 is 11.8. The Morgan fingerprint density at radius 2 is 1.78 bits per heavy atom. The molecule has 5 nitrogen and oxygen atoms in total. The first-order chi connectivity index (χ1) is 12.9. The van der Waals surface area contributed by atoms with Gasteiger partial charge in [0.05, 0.1) is 21.4 Å². The van der Waals surface area contributed by atoms with Gasteiger partial charge in [0.25, 0.3) is 5.56 Å². The van der Waals surface area contributed by atoms with Crippen LogP contribution in [0.15, 0.2) is 65.6 Å². The second-order valence-corrected chi connectivity index (χ2v) is 6.72. The van der Waals surface area contributed by atoms with Crippen molar-refractivity contribution in [2.45, 2.75) is 6.92 Å². The molecule has 0 fully saturated rings. The van der Waals surface area contributed by atoms with E-state index in [1.165, 1.54) is 18.3 Å². The van der Waals surface area contributed by atoms with Gasteiger partial charge in [0.15, 0.2) is 5.78 Å². The number of aromatic nitrogens is 2. The fourth-order valence-electron chi connectivity index (χ4n) is 2.68. The number of rotatable bonds is 5. The summed E-state index contributed by atoms with van der Waals surface area (Å²) in [6.45, 7) is 1.83. The highest BCUT2D eigenvalue weighted by molar-refractivity contribution is 6.42. The van der Waals surface area contributed by atoms with Crippen molar-refractivity contribution in [1.29, 1.82) is 0 Å². The van der Waals surface area contributed by atoms with Gasteiger partial charge in [0.2, 0.25) is 0 Å². The summed E-state index contributed by atoms with van der Waals surface area (Å²) in [6, 6.07) is 14.0. The lowest BCUT2D eigenvalue weighted by molar-refractivity contribution is 0.104. The van der Waals surface area contributed by atoms with E-state index in [4.69, 9.17) is 23.2 Å². The first-order valence-corrected chi connectivity index (χ1v) is 8.92. The molecule has 0 aliphatic rings. The second-order valence-electron chi connectivity index (χ2n) is 5.91. The number of halogens is 2. The summed E-state index contributed by atoms with van der Waals surface area (Å²) in [5, 5.41) is 3.62. The number of anilines is 1. The van der Waals surface area contributed by atoms with Crippen LogP contribution in [-0.2, 0) is 7.05 Å². The van der Waals surface area contributed by atoms with Crippen molar-refractivity contribution in [1.82, 2.24) is 9.36 Å². The molecule has 0 spiro atoms. The smallest absolute Gasteiger partial charge is 0.295 e. The summed E-state index contributed by atoms with van der Waals surface area (Å²) in [5.74, 6) is -0.252. The molecule has 3 aromatic rings. The molecule has 7 heteroatoms. The van der Waals surface area contributed by atoms with Crippen LogP contribution in [0.2, 0.25) is 10.0 Å². The van der Waals surface area contributed by atoms with E-state index in [1.54, 1.807) is 28.5 Å². The van der Waals surface area contributed by atoms with Gasteiger partial charge in [0, 0.05) is 24.9 Å². The van der Waals surface area contributed by atoms with Gasteiger partial charge in [-0.1, -0.05) is 41.4 Å². The van der Waals surface area contributed by atoms with Crippen LogP contribution in [0.4, 0.5) is 5.69 Å². The van der Waals surface area contributed by atoms with Gasteiger partial charge < -0.3 is 5.32 Å². The maximum absolute atomic E-state index is 12.8. The Labute approximate surface area is 166 Å². The minimum atomic E-state index is -0.252. The Morgan fingerprint density at radius 3 is 2.44 bits per heavy atom. The summed E-state index contributed by atoms with van der Waals surface area (Å²) < 4.78 is 3.32. The van der Waals surface area contributed by atoms with E-state index in [0.717, 1.165) is 11.4 Å². The lowest BCUT2D eigenvalue weighted by Crippen LogP contribution is -2.20. The SMILES string of the molecule is Cc1c(N/C=C/C(=O)c2ccc(Cl)c(Cl)c2)c(=O)n(-c2ccccc2)n1C. The Kier molecular flexibility index (Phi) is 5.54.